The maximum absolute atomic E-state index is 6.70. The fraction of sp³-hybridized carbons (Fsp3) is 0.0196. The highest BCUT2D eigenvalue weighted by Gasteiger charge is 2.49. The van der Waals surface area contributed by atoms with E-state index in [4.69, 9.17) is 19.7 Å². The van der Waals surface area contributed by atoms with Crippen molar-refractivity contribution in [2.24, 2.45) is 0 Å². The molecule has 0 saturated heterocycles. The number of fused-ring (bicyclic) bond motifs is 11. The van der Waals surface area contributed by atoms with E-state index in [0.717, 1.165) is 62.0 Å². The predicted molar refractivity (Wildman–Crippen MR) is 222 cm³/mol. The lowest BCUT2D eigenvalue weighted by atomic mass is 9.62. The number of hydrogen-bond acceptors (Lipinski definition) is 5. The Morgan fingerprint density at radius 3 is 1.62 bits per heavy atom. The third-order valence-electron chi connectivity index (χ3n) is 11.1. The number of rotatable bonds is 4. The second kappa shape index (κ2) is 12.8. The molecule has 0 atom stereocenters. The summed E-state index contributed by atoms with van der Waals surface area (Å²) in [6.07, 6.45) is 5.49. The average molecular weight is 717 g/mol. The molecule has 5 heteroatoms. The van der Waals surface area contributed by atoms with Gasteiger partial charge in [0.05, 0.1) is 22.5 Å². The number of hydrogen-bond donors (Lipinski definition) is 0. The lowest BCUT2D eigenvalue weighted by molar-refractivity contribution is 0.435. The summed E-state index contributed by atoms with van der Waals surface area (Å²) < 4.78 is 6.70. The Bertz CT molecular complexity index is 2900. The first-order valence-electron chi connectivity index (χ1n) is 18.8. The van der Waals surface area contributed by atoms with Gasteiger partial charge in [-0.3, -0.25) is 9.97 Å². The van der Waals surface area contributed by atoms with Crippen LogP contribution < -0.4 is 4.74 Å². The molecule has 4 heterocycles. The standard InChI is InChI=1S/C51H32N4O/c1-2-13-33(14-3-1)50-54-46(30-47(55-50)36-25-27-45(53-32-36)35-15-12-28-52-31-35)34-24-26-40-38-17-5-4-16-37(38)39-18-6-7-19-41(39)51(44(40)29-34)42-20-8-10-22-48(42)56-49-23-11-9-21-43(49)51/h1-32H. The Morgan fingerprint density at radius 1 is 0.375 bits per heavy atom. The molecule has 6 aromatic carbocycles. The Labute approximate surface area is 324 Å². The molecule has 1 aliphatic carbocycles. The quantitative estimate of drug-likeness (QED) is 0.181. The van der Waals surface area contributed by atoms with Gasteiger partial charge in [-0.15, -0.1) is 0 Å². The number of nitrogens with zero attached hydrogens (tertiary/aromatic N) is 4. The van der Waals surface area contributed by atoms with E-state index < -0.39 is 5.41 Å². The van der Waals surface area contributed by atoms with Gasteiger partial charge in [0.15, 0.2) is 5.82 Å². The van der Waals surface area contributed by atoms with Gasteiger partial charge in [-0.25, -0.2) is 9.97 Å². The van der Waals surface area contributed by atoms with E-state index in [1.807, 2.05) is 48.8 Å². The molecular formula is C51H32N4O. The summed E-state index contributed by atoms with van der Waals surface area (Å²) in [4.78, 5) is 19.5. The van der Waals surface area contributed by atoms with Gasteiger partial charge in [-0.2, -0.15) is 0 Å². The SMILES string of the molecule is c1ccc(-c2nc(-c3ccc(-c4cccnc4)nc3)cc(-c3ccc4c(c3)C3(c5ccccc5Oc5ccccc53)c3ccccc3-c3ccccc3-4)n2)cc1. The number of para-hydroxylation sites is 2. The summed E-state index contributed by atoms with van der Waals surface area (Å²) >= 11 is 0. The van der Waals surface area contributed by atoms with Gasteiger partial charge in [0, 0.05) is 52.0 Å². The van der Waals surface area contributed by atoms with Crippen LogP contribution in [0, 0.1) is 0 Å². The van der Waals surface area contributed by atoms with Gasteiger partial charge in [0.25, 0.3) is 0 Å². The van der Waals surface area contributed by atoms with Gasteiger partial charge >= 0.3 is 0 Å². The Balaban J connectivity index is 1.19. The predicted octanol–water partition coefficient (Wildman–Crippen LogP) is 12.1. The molecule has 56 heavy (non-hydrogen) atoms. The minimum absolute atomic E-state index is 0.650. The van der Waals surface area contributed by atoms with Crippen LogP contribution in [0.4, 0.5) is 0 Å². The van der Waals surface area contributed by atoms with Crippen molar-refractivity contribution < 1.29 is 4.74 Å². The van der Waals surface area contributed by atoms with Crippen molar-refractivity contribution in [1.82, 2.24) is 19.9 Å². The molecule has 5 nitrogen and oxygen atoms in total. The molecule has 0 amide bonds. The third kappa shape index (κ3) is 4.95. The number of benzene rings is 6. The first-order chi connectivity index (χ1) is 27.8. The molecule has 11 rings (SSSR count). The van der Waals surface area contributed by atoms with Crippen LogP contribution in [-0.2, 0) is 5.41 Å². The van der Waals surface area contributed by atoms with Crippen molar-refractivity contribution >= 4 is 0 Å². The third-order valence-corrected chi connectivity index (χ3v) is 11.1. The molecule has 0 unspecified atom stereocenters. The Hall–Kier alpha value is -7.50. The maximum atomic E-state index is 6.70. The number of pyridine rings is 2. The van der Waals surface area contributed by atoms with Crippen molar-refractivity contribution in [2.45, 2.75) is 5.41 Å². The zero-order valence-corrected chi connectivity index (χ0v) is 30.2. The van der Waals surface area contributed by atoms with Crippen LogP contribution in [0.5, 0.6) is 11.5 Å². The monoisotopic (exact) mass is 716 g/mol. The van der Waals surface area contributed by atoms with E-state index in [-0.39, 0.29) is 0 Å². The fourth-order valence-electron chi connectivity index (χ4n) is 8.66. The van der Waals surface area contributed by atoms with Crippen LogP contribution in [-0.4, -0.2) is 19.9 Å². The van der Waals surface area contributed by atoms with E-state index >= 15 is 0 Å². The van der Waals surface area contributed by atoms with Crippen LogP contribution >= 0.6 is 0 Å². The largest absolute Gasteiger partial charge is 0.457 e. The van der Waals surface area contributed by atoms with Crippen molar-refractivity contribution in [1.29, 1.82) is 0 Å². The summed E-state index contributed by atoms with van der Waals surface area (Å²) in [7, 11) is 0. The highest BCUT2D eigenvalue weighted by Crippen LogP contribution is 2.61. The van der Waals surface area contributed by atoms with E-state index in [2.05, 4.69) is 145 Å². The summed E-state index contributed by atoms with van der Waals surface area (Å²) in [5, 5.41) is 0. The normalized spacial score (nSPS) is 12.9. The fourth-order valence-corrected chi connectivity index (χ4v) is 8.66. The summed E-state index contributed by atoms with van der Waals surface area (Å²) in [5.74, 6) is 2.35. The van der Waals surface area contributed by atoms with Crippen LogP contribution in [0.1, 0.15) is 22.3 Å². The van der Waals surface area contributed by atoms with E-state index in [0.29, 0.717) is 5.82 Å². The van der Waals surface area contributed by atoms with Crippen LogP contribution in [0.2, 0.25) is 0 Å². The van der Waals surface area contributed by atoms with Crippen LogP contribution in [0.3, 0.4) is 0 Å². The topological polar surface area (TPSA) is 60.8 Å². The smallest absolute Gasteiger partial charge is 0.160 e. The minimum atomic E-state index is -0.712. The molecule has 0 radical (unpaired) electrons. The molecule has 1 aliphatic heterocycles. The highest BCUT2D eigenvalue weighted by atomic mass is 16.5. The summed E-state index contributed by atoms with van der Waals surface area (Å²) in [6.45, 7) is 0. The van der Waals surface area contributed by atoms with E-state index in [1.54, 1.807) is 6.20 Å². The number of aromatic nitrogens is 4. The second-order valence-electron chi connectivity index (χ2n) is 14.2. The minimum Gasteiger partial charge on any atom is -0.457 e. The average Bonchev–Trinajstić information content (AvgIpc) is 3.38. The molecule has 262 valence electrons. The Morgan fingerprint density at radius 2 is 0.946 bits per heavy atom. The first kappa shape index (κ1) is 32.0. The van der Waals surface area contributed by atoms with Gasteiger partial charge in [-0.1, -0.05) is 127 Å². The molecular weight excluding hydrogens is 685 g/mol. The summed E-state index contributed by atoms with van der Waals surface area (Å²) in [6, 6.07) is 61.8. The van der Waals surface area contributed by atoms with Crippen molar-refractivity contribution in [3.8, 4) is 78.9 Å². The molecule has 0 saturated carbocycles. The zero-order valence-electron chi connectivity index (χ0n) is 30.2. The molecule has 0 bridgehead atoms. The Kier molecular flexibility index (Phi) is 7.32. The van der Waals surface area contributed by atoms with E-state index in [9.17, 15) is 0 Å². The molecule has 3 aromatic heterocycles. The molecule has 0 fully saturated rings. The number of ether oxygens (including phenoxy) is 1. The van der Waals surface area contributed by atoms with Crippen molar-refractivity contribution in [3.63, 3.8) is 0 Å². The molecule has 0 N–H and O–H groups in total. The van der Waals surface area contributed by atoms with Gasteiger partial charge < -0.3 is 4.74 Å². The van der Waals surface area contributed by atoms with Gasteiger partial charge in [-0.05, 0) is 81.9 Å². The lowest BCUT2D eigenvalue weighted by Crippen LogP contribution is -2.34. The van der Waals surface area contributed by atoms with E-state index in [1.165, 1.54) is 33.4 Å². The van der Waals surface area contributed by atoms with Crippen molar-refractivity contribution in [2.75, 3.05) is 0 Å². The zero-order chi connectivity index (χ0) is 37.1. The van der Waals surface area contributed by atoms with Gasteiger partial charge in [0.2, 0.25) is 0 Å². The highest BCUT2D eigenvalue weighted by molar-refractivity contribution is 5.94. The molecule has 1 spiro atoms. The van der Waals surface area contributed by atoms with Crippen LogP contribution in [0.15, 0.2) is 195 Å². The second-order valence-corrected chi connectivity index (χ2v) is 14.2. The van der Waals surface area contributed by atoms with Crippen LogP contribution in [0.25, 0.3) is 67.4 Å². The molecule has 9 aromatic rings. The summed E-state index contributed by atoms with van der Waals surface area (Å²) in [5.41, 5.74) is 14.9. The lowest BCUT2D eigenvalue weighted by Gasteiger charge is -2.42. The maximum Gasteiger partial charge on any atom is 0.160 e. The molecule has 2 aliphatic rings. The van der Waals surface area contributed by atoms with Gasteiger partial charge in [0.1, 0.15) is 11.5 Å². The first-order valence-corrected chi connectivity index (χ1v) is 18.8. The van der Waals surface area contributed by atoms with Crippen molar-refractivity contribution in [3.05, 3.63) is 217 Å².